The van der Waals surface area contributed by atoms with E-state index in [2.05, 4.69) is 15.4 Å². The Bertz CT molecular complexity index is 377. The van der Waals surface area contributed by atoms with Gasteiger partial charge in [0.2, 0.25) is 5.91 Å². The highest BCUT2D eigenvalue weighted by molar-refractivity contribution is 5.96. The Labute approximate surface area is 87.4 Å². The van der Waals surface area contributed by atoms with E-state index in [1.54, 1.807) is 24.3 Å². The fourth-order valence-electron chi connectivity index (χ4n) is 1.05. The molecule has 1 aromatic carbocycles. The first-order valence-electron chi connectivity index (χ1n) is 4.35. The zero-order valence-corrected chi connectivity index (χ0v) is 8.53. The van der Waals surface area contributed by atoms with Crippen LogP contribution in [0.1, 0.15) is 6.92 Å². The largest absolute Gasteiger partial charge is 0.453 e. The number of amides is 2. The lowest BCUT2D eigenvalue weighted by molar-refractivity contribution is -0.114. The highest BCUT2D eigenvalue weighted by atomic mass is 16.5. The van der Waals surface area contributed by atoms with Crippen molar-refractivity contribution in [2.24, 2.45) is 0 Å². The first-order chi connectivity index (χ1) is 7.13. The highest BCUT2D eigenvalue weighted by Gasteiger charge is 2.06. The van der Waals surface area contributed by atoms with E-state index in [0.29, 0.717) is 11.4 Å². The second-order valence-electron chi connectivity index (χ2n) is 2.84. The Balaban J connectivity index is 2.85. The summed E-state index contributed by atoms with van der Waals surface area (Å²) in [7, 11) is 1.27. The Morgan fingerprint density at radius 2 is 1.67 bits per heavy atom. The van der Waals surface area contributed by atoms with Crippen molar-refractivity contribution in [3.05, 3.63) is 24.3 Å². The molecule has 0 bridgehead atoms. The van der Waals surface area contributed by atoms with Crippen LogP contribution in [0, 0.1) is 0 Å². The summed E-state index contributed by atoms with van der Waals surface area (Å²) in [4.78, 5) is 21.8. The van der Waals surface area contributed by atoms with E-state index in [9.17, 15) is 9.59 Å². The van der Waals surface area contributed by atoms with Crippen LogP contribution in [0.15, 0.2) is 24.3 Å². The first-order valence-corrected chi connectivity index (χ1v) is 4.35. The Kier molecular flexibility index (Phi) is 3.68. The molecule has 0 radical (unpaired) electrons. The average Bonchev–Trinajstić information content (AvgIpc) is 2.20. The molecule has 0 saturated heterocycles. The van der Waals surface area contributed by atoms with Gasteiger partial charge in [0, 0.05) is 6.92 Å². The molecule has 0 aliphatic rings. The van der Waals surface area contributed by atoms with Gasteiger partial charge >= 0.3 is 6.09 Å². The number of hydrogen-bond acceptors (Lipinski definition) is 3. The summed E-state index contributed by atoms with van der Waals surface area (Å²) in [6, 6.07) is 6.86. The number of rotatable bonds is 2. The molecule has 0 spiro atoms. The van der Waals surface area contributed by atoms with E-state index in [1.165, 1.54) is 14.0 Å². The second-order valence-corrected chi connectivity index (χ2v) is 2.84. The van der Waals surface area contributed by atoms with Gasteiger partial charge in [0.15, 0.2) is 0 Å². The molecule has 0 atom stereocenters. The van der Waals surface area contributed by atoms with Crippen molar-refractivity contribution < 1.29 is 14.3 Å². The van der Waals surface area contributed by atoms with E-state index < -0.39 is 6.09 Å². The van der Waals surface area contributed by atoms with Crippen LogP contribution in [0.25, 0.3) is 0 Å². The molecule has 2 N–H and O–H groups in total. The topological polar surface area (TPSA) is 67.4 Å². The molecule has 15 heavy (non-hydrogen) atoms. The third-order valence-electron chi connectivity index (χ3n) is 1.66. The van der Waals surface area contributed by atoms with Crippen molar-refractivity contribution in [1.29, 1.82) is 0 Å². The average molecular weight is 208 g/mol. The summed E-state index contributed by atoms with van der Waals surface area (Å²) in [6.07, 6.45) is -0.576. The molecule has 0 unspecified atom stereocenters. The number of benzene rings is 1. The summed E-state index contributed by atoms with van der Waals surface area (Å²) >= 11 is 0. The Morgan fingerprint density at radius 3 is 2.13 bits per heavy atom. The smallest absolute Gasteiger partial charge is 0.411 e. The van der Waals surface area contributed by atoms with E-state index in [-0.39, 0.29) is 5.91 Å². The van der Waals surface area contributed by atoms with E-state index in [4.69, 9.17) is 0 Å². The highest BCUT2D eigenvalue weighted by Crippen LogP contribution is 2.20. The fraction of sp³-hybridized carbons (Fsp3) is 0.200. The van der Waals surface area contributed by atoms with Crippen molar-refractivity contribution in [2.75, 3.05) is 17.7 Å². The van der Waals surface area contributed by atoms with Gasteiger partial charge in [-0.3, -0.25) is 10.1 Å². The van der Waals surface area contributed by atoms with Crippen LogP contribution < -0.4 is 10.6 Å². The van der Waals surface area contributed by atoms with Crippen LogP contribution in [0.4, 0.5) is 16.2 Å². The number of nitrogens with one attached hydrogen (secondary N) is 2. The molecule has 0 heterocycles. The van der Waals surface area contributed by atoms with Crippen molar-refractivity contribution in [3.8, 4) is 0 Å². The predicted molar refractivity (Wildman–Crippen MR) is 56.8 cm³/mol. The van der Waals surface area contributed by atoms with Crippen LogP contribution in [0.2, 0.25) is 0 Å². The van der Waals surface area contributed by atoms with Crippen LogP contribution >= 0.6 is 0 Å². The molecule has 5 heteroatoms. The molecular weight excluding hydrogens is 196 g/mol. The summed E-state index contributed by atoms with van der Waals surface area (Å²) in [5.41, 5.74) is 1.04. The van der Waals surface area contributed by atoms with Gasteiger partial charge in [-0.2, -0.15) is 0 Å². The summed E-state index contributed by atoms with van der Waals surface area (Å²) in [6.45, 7) is 1.40. The van der Waals surface area contributed by atoms with Gasteiger partial charge in [-0.25, -0.2) is 4.79 Å². The van der Waals surface area contributed by atoms with Gasteiger partial charge in [0.1, 0.15) is 0 Å². The minimum atomic E-state index is -0.576. The molecule has 1 rings (SSSR count). The normalized spacial score (nSPS) is 9.20. The predicted octanol–water partition coefficient (Wildman–Crippen LogP) is 1.82. The van der Waals surface area contributed by atoms with Crippen LogP contribution in [-0.4, -0.2) is 19.1 Å². The maximum atomic E-state index is 11.0. The summed E-state index contributed by atoms with van der Waals surface area (Å²) in [5.74, 6) is -0.200. The Morgan fingerprint density at radius 1 is 1.13 bits per heavy atom. The van der Waals surface area contributed by atoms with Crippen LogP contribution in [0.5, 0.6) is 0 Å². The number of hydrogen-bond donors (Lipinski definition) is 2. The Hall–Kier alpha value is -2.04. The molecule has 0 saturated carbocycles. The lowest BCUT2D eigenvalue weighted by Crippen LogP contribution is -2.14. The third kappa shape index (κ3) is 3.30. The lowest BCUT2D eigenvalue weighted by Gasteiger charge is -2.09. The van der Waals surface area contributed by atoms with Crippen molar-refractivity contribution in [2.45, 2.75) is 6.92 Å². The lowest BCUT2D eigenvalue weighted by atomic mass is 10.2. The van der Waals surface area contributed by atoms with Gasteiger partial charge in [-0.15, -0.1) is 0 Å². The monoisotopic (exact) mass is 208 g/mol. The maximum Gasteiger partial charge on any atom is 0.411 e. The molecule has 0 fully saturated rings. The fourth-order valence-corrected chi connectivity index (χ4v) is 1.05. The number of carbonyl (C=O) groups excluding carboxylic acids is 2. The van der Waals surface area contributed by atoms with E-state index in [0.717, 1.165) is 0 Å². The quantitative estimate of drug-likeness (QED) is 0.779. The molecular formula is C10H12N2O3. The molecule has 0 aliphatic heterocycles. The van der Waals surface area contributed by atoms with Crippen molar-refractivity contribution in [3.63, 3.8) is 0 Å². The van der Waals surface area contributed by atoms with Gasteiger partial charge < -0.3 is 10.1 Å². The number of carbonyl (C=O) groups is 2. The van der Waals surface area contributed by atoms with Gasteiger partial charge in [-0.05, 0) is 12.1 Å². The second kappa shape index (κ2) is 4.99. The van der Waals surface area contributed by atoms with Crippen molar-refractivity contribution in [1.82, 2.24) is 0 Å². The minimum absolute atomic E-state index is 0.200. The zero-order valence-electron chi connectivity index (χ0n) is 8.53. The molecule has 0 aromatic heterocycles. The van der Waals surface area contributed by atoms with Gasteiger partial charge in [0.25, 0.3) is 0 Å². The minimum Gasteiger partial charge on any atom is -0.453 e. The number of ether oxygens (including phenoxy) is 1. The first kappa shape index (κ1) is 11.0. The van der Waals surface area contributed by atoms with Gasteiger partial charge in [0.05, 0.1) is 18.5 Å². The molecule has 80 valence electrons. The molecule has 5 nitrogen and oxygen atoms in total. The van der Waals surface area contributed by atoms with Crippen LogP contribution in [0.3, 0.4) is 0 Å². The zero-order chi connectivity index (χ0) is 11.3. The summed E-state index contributed by atoms with van der Waals surface area (Å²) < 4.78 is 4.45. The number of methoxy groups -OCH3 is 1. The van der Waals surface area contributed by atoms with Gasteiger partial charge in [-0.1, -0.05) is 12.1 Å². The van der Waals surface area contributed by atoms with E-state index >= 15 is 0 Å². The SMILES string of the molecule is COC(=O)Nc1ccccc1NC(C)=O. The van der Waals surface area contributed by atoms with Crippen molar-refractivity contribution >= 4 is 23.4 Å². The van der Waals surface area contributed by atoms with E-state index in [1.807, 2.05) is 0 Å². The maximum absolute atomic E-state index is 11.0. The standard InChI is InChI=1S/C10H12N2O3/c1-7(13)11-8-5-3-4-6-9(8)12-10(14)15-2/h3-6H,1-2H3,(H,11,13)(H,12,14). The molecule has 1 aromatic rings. The molecule has 2 amide bonds. The summed E-state index contributed by atoms with van der Waals surface area (Å²) in [5, 5.41) is 5.08. The molecule has 0 aliphatic carbocycles. The number of para-hydroxylation sites is 2. The third-order valence-corrected chi connectivity index (χ3v) is 1.66. The number of anilines is 2. The van der Waals surface area contributed by atoms with Crippen LogP contribution in [-0.2, 0) is 9.53 Å².